The van der Waals surface area contributed by atoms with Crippen molar-refractivity contribution in [3.63, 3.8) is 0 Å². The lowest BCUT2D eigenvalue weighted by Gasteiger charge is -2.24. The Labute approximate surface area is 145 Å². The smallest absolute Gasteiger partial charge is 0.275 e. The van der Waals surface area contributed by atoms with Crippen molar-refractivity contribution in [1.82, 2.24) is 19.7 Å². The summed E-state index contributed by atoms with van der Waals surface area (Å²) in [7, 11) is 0. The Morgan fingerprint density at radius 1 is 1.32 bits per heavy atom. The number of carbonyl (C=O) groups excluding carboxylic acids is 1. The molecule has 25 heavy (non-hydrogen) atoms. The molecule has 1 amide bonds. The lowest BCUT2D eigenvalue weighted by molar-refractivity contribution is 0.0717. The fourth-order valence-corrected chi connectivity index (χ4v) is 3.31. The van der Waals surface area contributed by atoms with Gasteiger partial charge in [-0.15, -0.1) is 0 Å². The van der Waals surface area contributed by atoms with Crippen LogP contribution in [0.15, 0.2) is 30.7 Å². The summed E-state index contributed by atoms with van der Waals surface area (Å²) in [5.74, 6) is -0.165. The molecule has 134 valence electrons. The van der Waals surface area contributed by atoms with Crippen molar-refractivity contribution in [2.45, 2.75) is 45.7 Å². The second-order valence-corrected chi connectivity index (χ2v) is 6.79. The third-order valence-corrected chi connectivity index (χ3v) is 4.38. The molecule has 0 bridgehead atoms. The summed E-state index contributed by atoms with van der Waals surface area (Å²) >= 11 is 0. The number of likely N-dealkylation sites (tertiary alicyclic amines) is 1. The molecule has 1 fully saturated rings. The van der Waals surface area contributed by atoms with E-state index in [1.54, 1.807) is 17.3 Å². The molecule has 5 nitrogen and oxygen atoms in total. The number of amides is 1. The predicted molar refractivity (Wildman–Crippen MR) is 89.3 cm³/mol. The van der Waals surface area contributed by atoms with Crippen molar-refractivity contribution in [3.8, 4) is 0 Å². The number of nitrogens with zero attached hydrogens (tertiary/aromatic N) is 4. The van der Waals surface area contributed by atoms with E-state index in [2.05, 4.69) is 10.1 Å². The first-order valence-corrected chi connectivity index (χ1v) is 8.53. The highest BCUT2D eigenvalue weighted by molar-refractivity contribution is 5.94. The molecule has 1 atom stereocenters. The summed E-state index contributed by atoms with van der Waals surface area (Å²) in [6.07, 6.45) is 3.59. The summed E-state index contributed by atoms with van der Waals surface area (Å²) < 4.78 is 28.3. The molecule has 0 saturated carbocycles. The minimum absolute atomic E-state index is 0.115. The SMILES string of the molecule is CC(C)Cn1cc(C(F)F)c(C(=O)N2CCC[C@@H]2c2ccncc2)n1. The van der Waals surface area contributed by atoms with E-state index in [-0.39, 0.29) is 23.2 Å². The van der Waals surface area contributed by atoms with Crippen molar-refractivity contribution in [3.05, 3.63) is 47.5 Å². The average molecular weight is 348 g/mol. The summed E-state index contributed by atoms with van der Waals surface area (Å²) in [6, 6.07) is 3.61. The van der Waals surface area contributed by atoms with Crippen LogP contribution in [0.25, 0.3) is 0 Å². The molecule has 2 aromatic heterocycles. The summed E-state index contributed by atoms with van der Waals surface area (Å²) in [6.45, 7) is 5.00. The molecule has 3 rings (SSSR count). The third-order valence-electron chi connectivity index (χ3n) is 4.38. The van der Waals surface area contributed by atoms with E-state index < -0.39 is 12.3 Å². The summed E-state index contributed by atoms with van der Waals surface area (Å²) in [5.41, 5.74) is 0.559. The Morgan fingerprint density at radius 3 is 2.68 bits per heavy atom. The monoisotopic (exact) mass is 348 g/mol. The highest BCUT2D eigenvalue weighted by Crippen LogP contribution is 2.34. The highest BCUT2D eigenvalue weighted by Gasteiger charge is 2.34. The maximum absolute atomic E-state index is 13.4. The number of hydrogen-bond donors (Lipinski definition) is 0. The molecule has 0 aliphatic carbocycles. The molecule has 0 aromatic carbocycles. The Kier molecular flexibility index (Phi) is 5.11. The Hall–Kier alpha value is -2.31. The minimum atomic E-state index is -2.72. The molecule has 1 aliphatic heterocycles. The lowest BCUT2D eigenvalue weighted by atomic mass is 10.1. The van der Waals surface area contributed by atoms with Crippen LogP contribution in [-0.4, -0.2) is 32.1 Å². The Morgan fingerprint density at radius 2 is 2.04 bits per heavy atom. The van der Waals surface area contributed by atoms with Crippen LogP contribution >= 0.6 is 0 Å². The number of pyridine rings is 1. The first-order valence-electron chi connectivity index (χ1n) is 8.53. The number of rotatable bonds is 5. The third kappa shape index (κ3) is 3.70. The molecule has 1 aliphatic rings. The van der Waals surface area contributed by atoms with Gasteiger partial charge in [0.2, 0.25) is 0 Å². The van der Waals surface area contributed by atoms with Gasteiger partial charge < -0.3 is 4.90 Å². The molecule has 2 aromatic rings. The van der Waals surface area contributed by atoms with Gasteiger partial charge in [-0.2, -0.15) is 5.10 Å². The molecule has 0 spiro atoms. The lowest BCUT2D eigenvalue weighted by Crippen LogP contribution is -2.31. The van der Waals surface area contributed by atoms with Gasteiger partial charge in [0.05, 0.1) is 11.6 Å². The van der Waals surface area contributed by atoms with Crippen LogP contribution in [0.4, 0.5) is 8.78 Å². The van der Waals surface area contributed by atoms with Gasteiger partial charge in [-0.3, -0.25) is 14.5 Å². The second kappa shape index (κ2) is 7.29. The van der Waals surface area contributed by atoms with Gasteiger partial charge in [-0.1, -0.05) is 13.8 Å². The quantitative estimate of drug-likeness (QED) is 0.825. The Balaban J connectivity index is 1.90. The van der Waals surface area contributed by atoms with Crippen LogP contribution in [0.5, 0.6) is 0 Å². The Bertz CT molecular complexity index is 730. The molecule has 7 heteroatoms. The van der Waals surface area contributed by atoms with Crippen molar-refractivity contribution < 1.29 is 13.6 Å². The molecular formula is C18H22F2N4O. The first kappa shape index (κ1) is 17.5. The normalized spacial score (nSPS) is 17.7. The fourth-order valence-electron chi connectivity index (χ4n) is 3.31. The van der Waals surface area contributed by atoms with Crippen LogP contribution in [0.2, 0.25) is 0 Å². The van der Waals surface area contributed by atoms with Crippen LogP contribution in [0.3, 0.4) is 0 Å². The fraction of sp³-hybridized carbons (Fsp3) is 0.500. The number of alkyl halides is 2. The van der Waals surface area contributed by atoms with E-state index in [9.17, 15) is 13.6 Å². The molecule has 0 unspecified atom stereocenters. The summed E-state index contributed by atoms with van der Waals surface area (Å²) in [4.78, 5) is 18.6. The standard InChI is InChI=1S/C18H22F2N4O/c1-12(2)10-23-11-14(17(19)20)16(22-23)18(25)24-9-3-4-15(24)13-5-7-21-8-6-13/h5-8,11-12,15,17H,3-4,9-10H2,1-2H3/t15-/m1/s1. The van der Waals surface area contributed by atoms with Gasteiger partial charge in [0.15, 0.2) is 5.69 Å². The molecule has 0 N–H and O–H groups in total. The largest absolute Gasteiger partial charge is 0.330 e. The van der Waals surface area contributed by atoms with Crippen molar-refractivity contribution in [1.29, 1.82) is 0 Å². The zero-order chi connectivity index (χ0) is 18.0. The number of carbonyl (C=O) groups is 1. The van der Waals surface area contributed by atoms with Crippen LogP contribution < -0.4 is 0 Å². The van der Waals surface area contributed by atoms with E-state index in [4.69, 9.17) is 0 Å². The predicted octanol–water partition coefficient (Wildman–Crippen LogP) is 3.85. The zero-order valence-corrected chi connectivity index (χ0v) is 14.4. The van der Waals surface area contributed by atoms with Crippen molar-refractivity contribution in [2.24, 2.45) is 5.92 Å². The molecule has 3 heterocycles. The maximum Gasteiger partial charge on any atom is 0.275 e. The second-order valence-electron chi connectivity index (χ2n) is 6.79. The number of halogens is 2. The van der Waals surface area contributed by atoms with E-state index >= 15 is 0 Å². The van der Waals surface area contributed by atoms with Gasteiger partial charge in [-0.25, -0.2) is 8.78 Å². The van der Waals surface area contributed by atoms with E-state index in [1.807, 2.05) is 26.0 Å². The summed E-state index contributed by atoms with van der Waals surface area (Å²) in [5, 5.41) is 4.18. The highest BCUT2D eigenvalue weighted by atomic mass is 19.3. The topological polar surface area (TPSA) is 51.0 Å². The van der Waals surface area contributed by atoms with Crippen LogP contribution in [-0.2, 0) is 6.54 Å². The van der Waals surface area contributed by atoms with Gasteiger partial charge in [0, 0.05) is 31.7 Å². The number of hydrogen-bond acceptors (Lipinski definition) is 3. The van der Waals surface area contributed by atoms with Gasteiger partial charge in [0.1, 0.15) is 0 Å². The van der Waals surface area contributed by atoms with Crippen LogP contribution in [0, 0.1) is 5.92 Å². The van der Waals surface area contributed by atoms with E-state index in [0.29, 0.717) is 13.1 Å². The van der Waals surface area contributed by atoms with Crippen LogP contribution in [0.1, 0.15) is 60.8 Å². The molecular weight excluding hydrogens is 326 g/mol. The zero-order valence-electron chi connectivity index (χ0n) is 14.4. The minimum Gasteiger partial charge on any atom is -0.330 e. The first-order chi connectivity index (χ1) is 12.0. The van der Waals surface area contributed by atoms with Crippen molar-refractivity contribution >= 4 is 5.91 Å². The van der Waals surface area contributed by atoms with Gasteiger partial charge in [-0.05, 0) is 36.5 Å². The molecule has 0 radical (unpaired) electrons. The van der Waals surface area contributed by atoms with Gasteiger partial charge >= 0.3 is 0 Å². The van der Waals surface area contributed by atoms with Crippen molar-refractivity contribution in [2.75, 3.05) is 6.54 Å². The number of aromatic nitrogens is 3. The average Bonchev–Trinajstić information content (AvgIpc) is 3.21. The van der Waals surface area contributed by atoms with E-state index in [1.165, 1.54) is 10.9 Å². The van der Waals surface area contributed by atoms with E-state index in [0.717, 1.165) is 18.4 Å². The maximum atomic E-state index is 13.4. The van der Waals surface area contributed by atoms with Gasteiger partial charge in [0.25, 0.3) is 12.3 Å². The molecule has 1 saturated heterocycles.